The third-order valence-corrected chi connectivity index (χ3v) is 4.52. The predicted octanol–water partition coefficient (Wildman–Crippen LogP) is 2.71. The summed E-state index contributed by atoms with van der Waals surface area (Å²) in [5, 5.41) is 24.7. The van der Waals surface area contributed by atoms with Gasteiger partial charge in [0, 0.05) is 19.3 Å². The van der Waals surface area contributed by atoms with E-state index in [-0.39, 0.29) is 6.61 Å². The Balaban J connectivity index is 1.49. The number of fused-ring (bicyclic) bond motifs is 1. The first kappa shape index (κ1) is 19.8. The van der Waals surface area contributed by atoms with Crippen molar-refractivity contribution in [3.8, 4) is 11.4 Å². The summed E-state index contributed by atoms with van der Waals surface area (Å²) in [6, 6.07) is 7.60. The largest absolute Gasteiger partial charge is 0.494 e. The molecule has 10 nitrogen and oxygen atoms in total. The summed E-state index contributed by atoms with van der Waals surface area (Å²) < 4.78 is 9.02. The van der Waals surface area contributed by atoms with Gasteiger partial charge in [0.1, 0.15) is 5.75 Å². The molecule has 0 spiro atoms. The van der Waals surface area contributed by atoms with Crippen LogP contribution in [0.5, 0.6) is 5.75 Å². The number of hydrogen-bond acceptors (Lipinski definition) is 8. The van der Waals surface area contributed by atoms with Crippen molar-refractivity contribution in [2.75, 3.05) is 18.5 Å². The van der Waals surface area contributed by atoms with Gasteiger partial charge in [-0.15, -0.1) is 5.10 Å². The quantitative estimate of drug-likeness (QED) is 0.385. The number of unbranched alkanes of at least 4 members (excludes halogenated alkanes) is 2. The maximum absolute atomic E-state index is 8.85. The maximum Gasteiger partial charge on any atom is 0.229 e. The Morgan fingerprint density at radius 1 is 1.10 bits per heavy atom. The van der Waals surface area contributed by atoms with Crippen LogP contribution >= 0.6 is 0 Å². The minimum atomic E-state index is 0.230. The summed E-state index contributed by atoms with van der Waals surface area (Å²) in [7, 11) is 0. The zero-order valence-corrected chi connectivity index (χ0v) is 16.8. The van der Waals surface area contributed by atoms with E-state index in [1.54, 1.807) is 17.1 Å². The Morgan fingerprint density at radius 2 is 1.97 bits per heavy atom. The summed E-state index contributed by atoms with van der Waals surface area (Å²) in [5.41, 5.74) is 2.85. The summed E-state index contributed by atoms with van der Waals surface area (Å²) in [6.45, 7) is 3.60. The van der Waals surface area contributed by atoms with Crippen molar-refractivity contribution in [3.05, 3.63) is 42.9 Å². The number of aliphatic hydroxyl groups is 1. The van der Waals surface area contributed by atoms with E-state index in [9.17, 15) is 0 Å². The van der Waals surface area contributed by atoms with Gasteiger partial charge in [-0.25, -0.2) is 4.98 Å². The van der Waals surface area contributed by atoms with Gasteiger partial charge < -0.3 is 15.2 Å². The Kier molecular flexibility index (Phi) is 6.14. The second-order valence-corrected chi connectivity index (χ2v) is 6.73. The first-order valence-electron chi connectivity index (χ1n) is 9.99. The van der Waals surface area contributed by atoms with Crippen molar-refractivity contribution in [1.29, 1.82) is 0 Å². The Labute approximate surface area is 173 Å². The molecule has 0 saturated heterocycles. The van der Waals surface area contributed by atoms with Gasteiger partial charge in [-0.2, -0.15) is 14.8 Å². The molecule has 0 atom stereocenters. The van der Waals surface area contributed by atoms with Crippen molar-refractivity contribution < 1.29 is 9.84 Å². The Bertz CT molecular complexity index is 1090. The molecule has 156 valence electrons. The number of aliphatic hydroxyl groups excluding tert-OH is 1. The third-order valence-electron chi connectivity index (χ3n) is 4.52. The molecule has 10 heteroatoms. The minimum absolute atomic E-state index is 0.230. The highest BCUT2D eigenvalue weighted by Gasteiger charge is 2.11. The lowest BCUT2D eigenvalue weighted by atomic mass is 10.2. The molecule has 0 radical (unpaired) electrons. The molecule has 0 aliphatic heterocycles. The average molecular weight is 408 g/mol. The molecule has 0 aliphatic rings. The summed E-state index contributed by atoms with van der Waals surface area (Å²) in [4.78, 5) is 8.90. The molecule has 0 amide bonds. The van der Waals surface area contributed by atoms with Crippen molar-refractivity contribution in [3.63, 3.8) is 0 Å². The normalized spacial score (nSPS) is 11.1. The molecule has 0 aliphatic carbocycles. The third kappa shape index (κ3) is 4.54. The number of aryl methyl sites for hydroxylation is 1. The van der Waals surface area contributed by atoms with Gasteiger partial charge in [-0.1, -0.05) is 5.21 Å². The molecule has 30 heavy (non-hydrogen) atoms. The van der Waals surface area contributed by atoms with Crippen LogP contribution in [0.1, 0.15) is 26.2 Å². The van der Waals surface area contributed by atoms with Crippen molar-refractivity contribution >= 4 is 22.8 Å². The van der Waals surface area contributed by atoms with Gasteiger partial charge in [0.2, 0.25) is 5.95 Å². The van der Waals surface area contributed by atoms with Gasteiger partial charge >= 0.3 is 0 Å². The fourth-order valence-corrected chi connectivity index (χ4v) is 3.05. The number of benzene rings is 1. The highest BCUT2D eigenvalue weighted by atomic mass is 16.5. The van der Waals surface area contributed by atoms with Crippen LogP contribution in [0.3, 0.4) is 0 Å². The van der Waals surface area contributed by atoms with Crippen LogP contribution < -0.4 is 10.1 Å². The van der Waals surface area contributed by atoms with E-state index in [4.69, 9.17) is 9.84 Å². The SMILES string of the molecule is CCOc1ccc(-n2nnc3cnc(Nc4cnn(CCCCCO)c4)nc32)cc1. The summed E-state index contributed by atoms with van der Waals surface area (Å²) in [5.74, 6) is 1.24. The number of rotatable bonds is 10. The van der Waals surface area contributed by atoms with Crippen molar-refractivity contribution in [2.24, 2.45) is 0 Å². The van der Waals surface area contributed by atoms with Crippen LogP contribution in [0, 0.1) is 0 Å². The van der Waals surface area contributed by atoms with Gasteiger partial charge in [0.05, 0.1) is 30.4 Å². The number of nitrogens with zero attached hydrogens (tertiary/aromatic N) is 7. The maximum atomic E-state index is 8.85. The molecule has 0 bridgehead atoms. The highest BCUT2D eigenvalue weighted by Crippen LogP contribution is 2.20. The number of nitrogens with one attached hydrogen (secondary N) is 1. The van der Waals surface area contributed by atoms with E-state index < -0.39 is 0 Å². The van der Waals surface area contributed by atoms with Crippen molar-refractivity contribution in [2.45, 2.75) is 32.7 Å². The van der Waals surface area contributed by atoms with E-state index in [2.05, 4.69) is 30.7 Å². The number of ether oxygens (including phenoxy) is 1. The van der Waals surface area contributed by atoms with Crippen LogP contribution in [0.15, 0.2) is 42.9 Å². The lowest BCUT2D eigenvalue weighted by Gasteiger charge is -2.06. The number of hydrogen-bond donors (Lipinski definition) is 2. The molecule has 1 aromatic carbocycles. The molecule has 0 unspecified atom stereocenters. The molecule has 3 heterocycles. The summed E-state index contributed by atoms with van der Waals surface area (Å²) in [6.07, 6.45) is 8.05. The molecule has 3 aromatic heterocycles. The molecule has 0 fully saturated rings. The van der Waals surface area contributed by atoms with E-state index in [0.29, 0.717) is 23.7 Å². The fraction of sp³-hybridized carbons (Fsp3) is 0.350. The van der Waals surface area contributed by atoms with E-state index >= 15 is 0 Å². The number of anilines is 2. The topological polar surface area (TPSA) is 116 Å². The monoisotopic (exact) mass is 408 g/mol. The van der Waals surface area contributed by atoms with E-state index in [1.165, 1.54) is 0 Å². The van der Waals surface area contributed by atoms with Crippen LogP contribution in [-0.4, -0.2) is 53.1 Å². The summed E-state index contributed by atoms with van der Waals surface area (Å²) >= 11 is 0. The van der Waals surface area contributed by atoms with E-state index in [1.807, 2.05) is 42.1 Å². The fourth-order valence-electron chi connectivity index (χ4n) is 3.05. The first-order valence-corrected chi connectivity index (χ1v) is 9.99. The van der Waals surface area contributed by atoms with Crippen LogP contribution in [0.4, 0.5) is 11.6 Å². The Hall–Kier alpha value is -3.53. The van der Waals surface area contributed by atoms with Gasteiger partial charge in [0.25, 0.3) is 0 Å². The lowest BCUT2D eigenvalue weighted by Crippen LogP contribution is -2.01. The smallest absolute Gasteiger partial charge is 0.229 e. The standard InChI is InChI=1S/C20H24N8O2/c1-2-30-17-8-6-16(7-9-17)28-19-18(25-26-28)13-21-20(24-19)23-15-12-22-27(14-15)10-4-3-5-11-29/h6-9,12-14,29H,2-5,10-11H2,1H3,(H,21,23,24). The minimum Gasteiger partial charge on any atom is -0.494 e. The lowest BCUT2D eigenvalue weighted by molar-refractivity contribution is 0.281. The molecule has 4 aromatic rings. The van der Waals surface area contributed by atoms with Crippen molar-refractivity contribution in [1.82, 2.24) is 34.7 Å². The molecule has 4 rings (SSSR count). The molecule has 2 N–H and O–H groups in total. The highest BCUT2D eigenvalue weighted by molar-refractivity contribution is 5.72. The van der Waals surface area contributed by atoms with Crippen LogP contribution in [-0.2, 0) is 6.54 Å². The number of aromatic nitrogens is 7. The average Bonchev–Trinajstić information content (AvgIpc) is 3.39. The predicted molar refractivity (Wildman–Crippen MR) is 112 cm³/mol. The zero-order valence-electron chi connectivity index (χ0n) is 16.8. The van der Waals surface area contributed by atoms with Crippen LogP contribution in [0.25, 0.3) is 16.9 Å². The van der Waals surface area contributed by atoms with Gasteiger partial charge in [-0.3, -0.25) is 4.68 Å². The molecule has 0 saturated carbocycles. The second-order valence-electron chi connectivity index (χ2n) is 6.73. The van der Waals surface area contributed by atoms with Crippen LogP contribution in [0.2, 0.25) is 0 Å². The molecular weight excluding hydrogens is 384 g/mol. The van der Waals surface area contributed by atoms with E-state index in [0.717, 1.165) is 42.9 Å². The Morgan fingerprint density at radius 3 is 2.77 bits per heavy atom. The second kappa shape index (κ2) is 9.31. The first-order chi connectivity index (χ1) is 14.8. The molecular formula is C20H24N8O2. The zero-order chi connectivity index (χ0) is 20.8. The van der Waals surface area contributed by atoms with Gasteiger partial charge in [-0.05, 0) is 50.5 Å². The van der Waals surface area contributed by atoms with Gasteiger partial charge in [0.15, 0.2) is 11.2 Å².